The molecule has 32 heavy (non-hydrogen) atoms. The minimum Gasteiger partial charge on any atom is -0.344 e. The molecule has 1 aromatic carbocycles. The van der Waals surface area contributed by atoms with Crippen molar-refractivity contribution in [3.8, 4) is 0 Å². The van der Waals surface area contributed by atoms with E-state index in [4.69, 9.17) is 0 Å². The van der Waals surface area contributed by atoms with Crippen LogP contribution < -0.4 is 0 Å². The van der Waals surface area contributed by atoms with Crippen LogP contribution >= 0.6 is 11.3 Å². The Morgan fingerprint density at radius 1 is 1.31 bits per heavy atom. The van der Waals surface area contributed by atoms with Gasteiger partial charge in [-0.1, -0.05) is 13.0 Å². The number of rotatable bonds is 6. The zero-order valence-corrected chi connectivity index (χ0v) is 19.6. The van der Waals surface area contributed by atoms with E-state index in [0.29, 0.717) is 41.2 Å². The first kappa shape index (κ1) is 22.5. The molecule has 1 saturated heterocycles. The van der Waals surface area contributed by atoms with Crippen molar-refractivity contribution >= 4 is 33.2 Å². The second-order valence-electron chi connectivity index (χ2n) is 8.54. The summed E-state index contributed by atoms with van der Waals surface area (Å²) >= 11 is 1.23. The van der Waals surface area contributed by atoms with Crippen LogP contribution in [-0.4, -0.2) is 58.6 Å². The third kappa shape index (κ3) is 4.41. The van der Waals surface area contributed by atoms with Crippen molar-refractivity contribution in [2.75, 3.05) is 27.2 Å². The first-order chi connectivity index (χ1) is 15.4. The number of nitrogens with zero attached hydrogens (tertiary/aromatic N) is 4. The second-order valence-corrected chi connectivity index (χ2v) is 9.60. The Balaban J connectivity index is 1.58. The molecule has 1 aliphatic rings. The van der Waals surface area contributed by atoms with Gasteiger partial charge in [-0.25, -0.2) is 4.39 Å². The summed E-state index contributed by atoms with van der Waals surface area (Å²) in [4.78, 5) is 29.2. The van der Waals surface area contributed by atoms with Gasteiger partial charge in [0.2, 0.25) is 5.91 Å². The van der Waals surface area contributed by atoms with E-state index < -0.39 is 0 Å². The summed E-state index contributed by atoms with van der Waals surface area (Å²) in [6.45, 7) is 3.83. The van der Waals surface area contributed by atoms with Crippen LogP contribution in [0.4, 0.5) is 4.39 Å². The molecule has 0 bridgehead atoms. The van der Waals surface area contributed by atoms with Crippen molar-refractivity contribution in [2.45, 2.75) is 45.1 Å². The number of benzene rings is 1. The zero-order valence-electron chi connectivity index (χ0n) is 18.8. The lowest BCUT2D eigenvalue weighted by atomic mass is 9.88. The highest BCUT2D eigenvalue weighted by atomic mass is 32.1. The molecule has 170 valence electrons. The number of hydrogen-bond acceptors (Lipinski definition) is 4. The molecule has 6 nitrogen and oxygen atoms in total. The van der Waals surface area contributed by atoms with Gasteiger partial charge in [0.1, 0.15) is 5.82 Å². The zero-order chi connectivity index (χ0) is 22.8. The lowest BCUT2D eigenvalue weighted by Crippen LogP contribution is -2.39. The fraction of sp³-hybridized carbons (Fsp3) is 0.458. The Kier molecular flexibility index (Phi) is 6.60. The summed E-state index contributed by atoms with van der Waals surface area (Å²) in [7, 11) is 3.41. The molecule has 0 unspecified atom stereocenters. The molecule has 0 radical (unpaired) electrons. The van der Waals surface area contributed by atoms with Gasteiger partial charge in [-0.3, -0.25) is 14.3 Å². The van der Waals surface area contributed by atoms with Crippen molar-refractivity contribution in [2.24, 2.45) is 0 Å². The first-order valence-corrected chi connectivity index (χ1v) is 11.9. The van der Waals surface area contributed by atoms with Crippen molar-refractivity contribution in [1.29, 1.82) is 0 Å². The topological polar surface area (TPSA) is 58.4 Å². The SMILES string of the molecule is CCc1cc([C@H]2CCCN(C(=O)CCn3cccn3)C2)c(F)c2sc(C(=O)N(C)C)cc12. The van der Waals surface area contributed by atoms with Crippen molar-refractivity contribution in [1.82, 2.24) is 19.6 Å². The average molecular weight is 457 g/mol. The number of piperidine rings is 1. The van der Waals surface area contributed by atoms with E-state index in [-0.39, 0.29) is 23.5 Å². The van der Waals surface area contributed by atoms with Crippen LogP contribution in [-0.2, 0) is 17.8 Å². The standard InChI is InChI=1S/C24H29FN4O2S/c1-4-16-13-18(22(25)23-19(16)14-20(32-23)24(31)27(2)3)17-7-5-10-28(15-17)21(30)8-12-29-11-6-9-26-29/h6,9,11,13-14,17H,4-5,7-8,10,12,15H2,1-3H3/t17-/m0/s1. The van der Waals surface area contributed by atoms with Crippen LogP contribution in [0, 0.1) is 5.82 Å². The molecule has 0 spiro atoms. The molecule has 4 rings (SSSR count). The lowest BCUT2D eigenvalue weighted by molar-refractivity contribution is -0.132. The highest BCUT2D eigenvalue weighted by molar-refractivity contribution is 7.20. The van der Waals surface area contributed by atoms with E-state index in [1.54, 1.807) is 25.0 Å². The van der Waals surface area contributed by atoms with Gasteiger partial charge in [0.25, 0.3) is 5.91 Å². The quantitative estimate of drug-likeness (QED) is 0.556. The van der Waals surface area contributed by atoms with Gasteiger partial charge in [-0.2, -0.15) is 5.10 Å². The minimum absolute atomic E-state index is 0.0396. The molecule has 0 saturated carbocycles. The first-order valence-electron chi connectivity index (χ1n) is 11.1. The number of halogens is 1. The predicted octanol–water partition coefficient (Wildman–Crippen LogP) is 4.30. The molecular weight excluding hydrogens is 427 g/mol. The fourth-order valence-corrected chi connectivity index (χ4v) is 5.60. The smallest absolute Gasteiger partial charge is 0.263 e. The highest BCUT2D eigenvalue weighted by Crippen LogP contribution is 2.38. The molecular formula is C24H29FN4O2S. The third-order valence-corrected chi connectivity index (χ3v) is 7.30. The van der Waals surface area contributed by atoms with Gasteiger partial charge in [-0.05, 0) is 47.9 Å². The van der Waals surface area contributed by atoms with E-state index in [9.17, 15) is 9.59 Å². The van der Waals surface area contributed by atoms with E-state index in [2.05, 4.69) is 5.10 Å². The van der Waals surface area contributed by atoms with Crippen molar-refractivity contribution in [3.63, 3.8) is 0 Å². The van der Waals surface area contributed by atoms with Crippen LogP contribution in [0.3, 0.4) is 0 Å². The Bertz CT molecular complexity index is 1120. The van der Waals surface area contributed by atoms with E-state index in [1.807, 2.05) is 36.2 Å². The van der Waals surface area contributed by atoms with Crippen LogP contribution in [0.2, 0.25) is 0 Å². The van der Waals surface area contributed by atoms with E-state index >= 15 is 4.39 Å². The maximum Gasteiger partial charge on any atom is 0.263 e. The monoisotopic (exact) mass is 456 g/mol. The van der Waals surface area contributed by atoms with Gasteiger partial charge in [-0.15, -0.1) is 11.3 Å². The lowest BCUT2D eigenvalue weighted by Gasteiger charge is -2.33. The van der Waals surface area contributed by atoms with E-state index in [1.165, 1.54) is 16.2 Å². The average Bonchev–Trinajstić information content (AvgIpc) is 3.48. The molecule has 3 aromatic rings. The van der Waals surface area contributed by atoms with Gasteiger partial charge in [0.15, 0.2) is 0 Å². The largest absolute Gasteiger partial charge is 0.344 e. The summed E-state index contributed by atoms with van der Waals surface area (Å²) in [5, 5.41) is 4.98. The minimum atomic E-state index is -0.240. The van der Waals surface area contributed by atoms with Crippen LogP contribution in [0.25, 0.3) is 10.1 Å². The van der Waals surface area contributed by atoms with Gasteiger partial charge in [0.05, 0.1) is 9.58 Å². The fourth-order valence-electron chi connectivity index (χ4n) is 4.43. The van der Waals surface area contributed by atoms with Crippen LogP contribution in [0.15, 0.2) is 30.6 Å². The molecule has 2 amide bonds. The van der Waals surface area contributed by atoms with Crippen molar-refractivity contribution in [3.05, 3.63) is 52.4 Å². The number of aryl methyl sites for hydroxylation is 2. The van der Waals surface area contributed by atoms with Gasteiger partial charge < -0.3 is 9.80 Å². The van der Waals surface area contributed by atoms with Crippen LogP contribution in [0.5, 0.6) is 0 Å². The molecule has 8 heteroatoms. The number of thiophene rings is 1. The number of hydrogen-bond donors (Lipinski definition) is 0. The highest BCUT2D eigenvalue weighted by Gasteiger charge is 2.28. The molecule has 0 aliphatic carbocycles. The number of fused-ring (bicyclic) bond motifs is 1. The second kappa shape index (κ2) is 9.40. The Hall–Kier alpha value is -2.74. The molecule has 0 N–H and O–H groups in total. The summed E-state index contributed by atoms with van der Waals surface area (Å²) in [6, 6.07) is 5.62. The van der Waals surface area contributed by atoms with Gasteiger partial charge >= 0.3 is 0 Å². The summed E-state index contributed by atoms with van der Waals surface area (Å²) < 4.78 is 18.0. The Morgan fingerprint density at radius 2 is 2.12 bits per heavy atom. The predicted molar refractivity (Wildman–Crippen MR) is 125 cm³/mol. The summed E-state index contributed by atoms with van der Waals surface area (Å²) in [5.74, 6) is -0.309. The van der Waals surface area contributed by atoms with Crippen molar-refractivity contribution < 1.29 is 14.0 Å². The molecule has 1 fully saturated rings. The van der Waals surface area contributed by atoms with Crippen LogP contribution in [0.1, 0.15) is 52.9 Å². The Labute approximate surface area is 191 Å². The molecule has 2 aromatic heterocycles. The molecule has 1 aliphatic heterocycles. The van der Waals surface area contributed by atoms with Gasteiger partial charge in [0, 0.05) is 58.5 Å². The summed E-state index contributed by atoms with van der Waals surface area (Å²) in [6.07, 6.45) is 6.40. The number of carbonyl (C=O) groups is 2. The third-order valence-electron chi connectivity index (χ3n) is 6.19. The maximum atomic E-state index is 15.7. The molecule has 3 heterocycles. The number of amides is 2. The Morgan fingerprint density at radius 3 is 2.81 bits per heavy atom. The number of likely N-dealkylation sites (tertiary alicyclic amines) is 1. The molecule has 1 atom stereocenters. The normalized spacial score (nSPS) is 16.5. The maximum absolute atomic E-state index is 15.7. The number of carbonyl (C=O) groups excluding carboxylic acids is 2. The van der Waals surface area contributed by atoms with E-state index in [0.717, 1.165) is 30.2 Å². The summed E-state index contributed by atoms with van der Waals surface area (Å²) in [5.41, 5.74) is 1.72. The number of aromatic nitrogens is 2.